The Kier molecular flexibility index (Phi) is 5.48. The highest BCUT2D eigenvalue weighted by molar-refractivity contribution is 7.21. The molecule has 1 aliphatic carbocycles. The van der Waals surface area contributed by atoms with Gasteiger partial charge in [-0.15, -0.1) is 11.3 Å². The van der Waals surface area contributed by atoms with Gasteiger partial charge in [0.05, 0.1) is 6.61 Å². The maximum absolute atomic E-state index is 14.3. The van der Waals surface area contributed by atoms with E-state index >= 15 is 0 Å². The summed E-state index contributed by atoms with van der Waals surface area (Å²) in [6.07, 6.45) is 2.17. The van der Waals surface area contributed by atoms with Gasteiger partial charge in [0.1, 0.15) is 10.7 Å². The SMILES string of the molecule is COCc1c(C(=O)O[C@H](C)C(=O)c2ccc3c(c2)CCC3)sc2cccc(F)c12. The number of fused-ring (bicyclic) bond motifs is 2. The number of aryl methyl sites for hydroxylation is 2. The van der Waals surface area contributed by atoms with Gasteiger partial charge in [-0.25, -0.2) is 9.18 Å². The van der Waals surface area contributed by atoms with Crippen molar-refractivity contribution in [3.05, 3.63) is 69.3 Å². The fraction of sp³-hybridized carbons (Fsp3) is 0.304. The van der Waals surface area contributed by atoms with Crippen LogP contribution in [0, 0.1) is 5.82 Å². The molecular weight excluding hydrogens is 391 g/mol. The van der Waals surface area contributed by atoms with Crippen LogP contribution in [0.25, 0.3) is 10.1 Å². The number of esters is 1. The number of hydrogen-bond acceptors (Lipinski definition) is 5. The van der Waals surface area contributed by atoms with Gasteiger partial charge < -0.3 is 9.47 Å². The van der Waals surface area contributed by atoms with Crippen molar-refractivity contribution in [2.45, 2.75) is 38.9 Å². The van der Waals surface area contributed by atoms with Gasteiger partial charge in [0, 0.05) is 28.3 Å². The molecule has 6 heteroatoms. The number of methoxy groups -OCH3 is 1. The molecule has 0 N–H and O–H groups in total. The summed E-state index contributed by atoms with van der Waals surface area (Å²) in [4.78, 5) is 25.9. The van der Waals surface area contributed by atoms with Crippen LogP contribution in [0.5, 0.6) is 0 Å². The molecule has 29 heavy (non-hydrogen) atoms. The molecule has 1 aromatic heterocycles. The molecule has 0 saturated heterocycles. The van der Waals surface area contributed by atoms with Crippen LogP contribution in [-0.2, 0) is 28.9 Å². The molecule has 0 aliphatic heterocycles. The molecule has 0 bridgehead atoms. The van der Waals surface area contributed by atoms with Crippen molar-refractivity contribution in [3.63, 3.8) is 0 Å². The molecule has 0 radical (unpaired) electrons. The van der Waals surface area contributed by atoms with E-state index in [1.54, 1.807) is 25.1 Å². The minimum atomic E-state index is -0.938. The zero-order valence-electron chi connectivity index (χ0n) is 16.3. The normalized spacial score (nSPS) is 14.0. The predicted molar refractivity (Wildman–Crippen MR) is 110 cm³/mol. The second kappa shape index (κ2) is 8.05. The largest absolute Gasteiger partial charge is 0.450 e. The fourth-order valence-electron chi connectivity index (χ4n) is 3.84. The molecule has 1 aliphatic rings. The number of ketones is 1. The number of halogens is 1. The zero-order chi connectivity index (χ0) is 20.5. The van der Waals surface area contributed by atoms with E-state index in [1.807, 2.05) is 12.1 Å². The predicted octanol–water partition coefficient (Wildman–Crippen LogP) is 5.10. The highest BCUT2D eigenvalue weighted by Crippen LogP contribution is 2.34. The van der Waals surface area contributed by atoms with Crippen molar-refractivity contribution in [2.24, 2.45) is 0 Å². The van der Waals surface area contributed by atoms with Crippen LogP contribution in [0.4, 0.5) is 4.39 Å². The van der Waals surface area contributed by atoms with Gasteiger partial charge in [-0.3, -0.25) is 4.79 Å². The van der Waals surface area contributed by atoms with E-state index < -0.39 is 17.9 Å². The number of Topliss-reactive ketones (excluding diaryl/α,β-unsaturated/α-hetero) is 1. The van der Waals surface area contributed by atoms with Crippen LogP contribution in [0.1, 0.15) is 50.1 Å². The molecule has 0 fully saturated rings. The second-order valence-electron chi connectivity index (χ2n) is 7.20. The smallest absolute Gasteiger partial charge is 0.349 e. The van der Waals surface area contributed by atoms with E-state index in [0.29, 0.717) is 21.2 Å². The third kappa shape index (κ3) is 3.70. The minimum Gasteiger partial charge on any atom is -0.450 e. The summed E-state index contributed by atoms with van der Waals surface area (Å²) < 4.78 is 25.6. The average molecular weight is 412 g/mol. The van der Waals surface area contributed by atoms with Crippen molar-refractivity contribution in [1.29, 1.82) is 0 Å². The van der Waals surface area contributed by atoms with Gasteiger partial charge in [0.2, 0.25) is 5.78 Å². The van der Waals surface area contributed by atoms with Crippen LogP contribution in [0.3, 0.4) is 0 Å². The van der Waals surface area contributed by atoms with E-state index in [1.165, 1.54) is 24.3 Å². The molecule has 2 aromatic carbocycles. The van der Waals surface area contributed by atoms with Gasteiger partial charge in [0.25, 0.3) is 0 Å². The van der Waals surface area contributed by atoms with E-state index in [2.05, 4.69) is 0 Å². The van der Waals surface area contributed by atoms with Crippen molar-refractivity contribution in [1.82, 2.24) is 0 Å². The first-order valence-electron chi connectivity index (χ1n) is 9.55. The Morgan fingerprint density at radius 2 is 1.97 bits per heavy atom. The molecule has 0 unspecified atom stereocenters. The summed E-state index contributed by atoms with van der Waals surface area (Å²) in [6, 6.07) is 10.4. The van der Waals surface area contributed by atoms with Gasteiger partial charge in [0.15, 0.2) is 6.10 Å². The number of ether oxygens (including phenoxy) is 2. The Morgan fingerprint density at radius 1 is 1.17 bits per heavy atom. The number of hydrogen-bond donors (Lipinski definition) is 0. The van der Waals surface area contributed by atoms with Crippen LogP contribution in [0.2, 0.25) is 0 Å². The Balaban J connectivity index is 1.58. The molecule has 0 spiro atoms. The zero-order valence-corrected chi connectivity index (χ0v) is 17.1. The number of rotatable bonds is 6. The molecule has 3 aromatic rings. The lowest BCUT2D eigenvalue weighted by Crippen LogP contribution is -2.24. The van der Waals surface area contributed by atoms with Crippen LogP contribution in [0.15, 0.2) is 36.4 Å². The van der Waals surface area contributed by atoms with Crippen LogP contribution >= 0.6 is 11.3 Å². The monoisotopic (exact) mass is 412 g/mol. The lowest BCUT2D eigenvalue weighted by molar-refractivity contribution is 0.0320. The quantitative estimate of drug-likeness (QED) is 0.417. The molecule has 1 atom stereocenters. The standard InChI is InChI=1S/C23H21FO4S/c1-13(21(25)16-10-9-14-5-3-6-15(14)11-16)28-23(26)22-17(12-27-2)20-18(24)7-4-8-19(20)29-22/h4,7-11,13H,3,5-6,12H2,1-2H3/t13-/m1/s1. The molecular formula is C23H21FO4S. The molecule has 0 saturated carbocycles. The van der Waals surface area contributed by atoms with Gasteiger partial charge in [-0.2, -0.15) is 0 Å². The molecule has 4 rings (SSSR count). The van der Waals surface area contributed by atoms with Crippen molar-refractivity contribution in [2.75, 3.05) is 7.11 Å². The van der Waals surface area contributed by atoms with Gasteiger partial charge in [-0.1, -0.05) is 18.2 Å². The maximum atomic E-state index is 14.3. The third-order valence-corrected chi connectivity index (χ3v) is 6.45. The van der Waals surface area contributed by atoms with E-state index in [9.17, 15) is 14.0 Å². The lowest BCUT2D eigenvalue weighted by atomic mass is 10.0. The van der Waals surface area contributed by atoms with Crippen molar-refractivity contribution < 1.29 is 23.5 Å². The minimum absolute atomic E-state index is 0.0819. The number of carbonyl (C=O) groups is 2. The second-order valence-corrected chi connectivity index (χ2v) is 8.26. The highest BCUT2D eigenvalue weighted by atomic mass is 32.1. The summed E-state index contributed by atoms with van der Waals surface area (Å²) in [7, 11) is 1.49. The van der Waals surface area contributed by atoms with Crippen LogP contribution < -0.4 is 0 Å². The Bertz CT molecular complexity index is 1100. The first-order chi connectivity index (χ1) is 14.0. The average Bonchev–Trinajstić information content (AvgIpc) is 3.32. The molecule has 0 amide bonds. The number of thiophene rings is 1. The first kappa shape index (κ1) is 19.7. The molecule has 150 valence electrons. The summed E-state index contributed by atoms with van der Waals surface area (Å²) in [5.41, 5.74) is 3.47. The van der Waals surface area contributed by atoms with Crippen molar-refractivity contribution in [3.8, 4) is 0 Å². The lowest BCUT2D eigenvalue weighted by Gasteiger charge is -2.13. The molecule has 1 heterocycles. The Morgan fingerprint density at radius 3 is 2.76 bits per heavy atom. The summed E-state index contributed by atoms with van der Waals surface area (Å²) in [5, 5.41) is 0.365. The fourth-order valence-corrected chi connectivity index (χ4v) is 4.95. The Labute approximate surface area is 172 Å². The molecule has 4 nitrogen and oxygen atoms in total. The summed E-state index contributed by atoms with van der Waals surface area (Å²) in [5.74, 6) is -1.29. The van der Waals surface area contributed by atoms with E-state index in [-0.39, 0.29) is 17.3 Å². The summed E-state index contributed by atoms with van der Waals surface area (Å²) >= 11 is 1.15. The maximum Gasteiger partial charge on any atom is 0.349 e. The van der Waals surface area contributed by atoms with E-state index in [0.717, 1.165) is 30.6 Å². The first-order valence-corrected chi connectivity index (χ1v) is 10.4. The topological polar surface area (TPSA) is 52.6 Å². The third-order valence-electron chi connectivity index (χ3n) is 5.27. The van der Waals surface area contributed by atoms with Gasteiger partial charge >= 0.3 is 5.97 Å². The van der Waals surface area contributed by atoms with Crippen LogP contribution in [-0.4, -0.2) is 25.0 Å². The highest BCUT2D eigenvalue weighted by Gasteiger charge is 2.26. The van der Waals surface area contributed by atoms with Crippen molar-refractivity contribution >= 4 is 33.2 Å². The Hall–Kier alpha value is -2.57. The van der Waals surface area contributed by atoms with Gasteiger partial charge in [-0.05, 0) is 55.5 Å². The summed E-state index contributed by atoms with van der Waals surface area (Å²) in [6.45, 7) is 1.65. The number of benzene rings is 2. The van der Waals surface area contributed by atoms with E-state index in [4.69, 9.17) is 9.47 Å². The number of carbonyl (C=O) groups excluding carboxylic acids is 2.